The van der Waals surface area contributed by atoms with Crippen molar-refractivity contribution in [2.24, 2.45) is 0 Å². The third kappa shape index (κ3) is 8.44. The summed E-state index contributed by atoms with van der Waals surface area (Å²) in [6.45, 7) is 0. The lowest BCUT2D eigenvalue weighted by Gasteiger charge is -2.44. The first-order valence-electron chi connectivity index (χ1n) is 25.7. The Morgan fingerprint density at radius 3 is 0.964 bits per heavy atom. The van der Waals surface area contributed by atoms with E-state index in [1.165, 1.54) is 24.3 Å². The summed E-state index contributed by atoms with van der Waals surface area (Å²) >= 11 is 0. The number of hydrogen-bond donors (Lipinski definition) is 20. The van der Waals surface area contributed by atoms with Crippen LogP contribution in [-0.4, -0.2) is 127 Å². The highest BCUT2D eigenvalue weighted by molar-refractivity contribution is 5.73. The van der Waals surface area contributed by atoms with E-state index in [1.807, 2.05) is 0 Å². The second-order valence-electron chi connectivity index (χ2n) is 21.0. The van der Waals surface area contributed by atoms with Crippen LogP contribution in [0.2, 0.25) is 0 Å². The van der Waals surface area contributed by atoms with Crippen LogP contribution in [0.4, 0.5) is 0 Å². The first-order valence-corrected chi connectivity index (χ1v) is 25.7. The van der Waals surface area contributed by atoms with Crippen LogP contribution in [0.5, 0.6) is 115 Å². The molecule has 0 saturated carbocycles. The lowest BCUT2D eigenvalue weighted by Crippen LogP contribution is -2.40. The predicted molar refractivity (Wildman–Crippen MR) is 285 cm³/mol. The van der Waals surface area contributed by atoms with E-state index in [9.17, 15) is 102 Å². The second kappa shape index (κ2) is 19.7. The molecular formula is C60H50O24. The molecule has 20 N–H and O–H groups in total. The summed E-state index contributed by atoms with van der Waals surface area (Å²) < 4.78 is 25.8. The lowest BCUT2D eigenvalue weighted by molar-refractivity contribution is -0.00858. The fourth-order valence-corrected chi connectivity index (χ4v) is 12.2. The average molecular weight is 1160 g/mol. The number of aromatic hydroxyl groups is 16. The molecular weight excluding hydrogens is 1100 g/mol. The van der Waals surface area contributed by atoms with Crippen molar-refractivity contribution in [3.8, 4) is 115 Å². The molecule has 0 fully saturated rings. The maximum atomic E-state index is 13.1. The number of fused-ring (bicyclic) bond motifs is 4. The number of ether oxygens (including phenoxy) is 4. The van der Waals surface area contributed by atoms with Crippen LogP contribution in [0.1, 0.15) is 103 Å². The monoisotopic (exact) mass is 1150 g/mol. The first-order chi connectivity index (χ1) is 39.9. The molecule has 0 aromatic heterocycles. The number of phenols is 16. The summed E-state index contributed by atoms with van der Waals surface area (Å²) in [6.07, 6.45) is -14.8. The summed E-state index contributed by atoms with van der Waals surface area (Å²) in [4.78, 5) is 0. The molecule has 24 nitrogen and oxygen atoms in total. The molecule has 4 heterocycles. The third-order valence-corrected chi connectivity index (χ3v) is 16.0. The van der Waals surface area contributed by atoms with Crippen molar-refractivity contribution >= 4 is 0 Å². The van der Waals surface area contributed by atoms with E-state index in [2.05, 4.69) is 0 Å². The van der Waals surface area contributed by atoms with Crippen molar-refractivity contribution < 1.29 is 121 Å². The Labute approximate surface area is 472 Å². The van der Waals surface area contributed by atoms with Crippen LogP contribution < -0.4 is 18.9 Å². The minimum absolute atomic E-state index is 0.00111. The lowest BCUT2D eigenvalue weighted by atomic mass is 9.72. The smallest absolute Gasteiger partial charge is 0.157 e. The molecule has 434 valence electrons. The summed E-state index contributed by atoms with van der Waals surface area (Å²) in [5, 5.41) is 229. The molecule has 0 spiro atoms. The van der Waals surface area contributed by atoms with Gasteiger partial charge in [-0.15, -0.1) is 0 Å². The van der Waals surface area contributed by atoms with Gasteiger partial charge in [0.25, 0.3) is 0 Å². The van der Waals surface area contributed by atoms with Crippen molar-refractivity contribution in [1.82, 2.24) is 0 Å². The Hall–Kier alpha value is -10.4. The van der Waals surface area contributed by atoms with Gasteiger partial charge in [0.2, 0.25) is 0 Å². The zero-order valence-electron chi connectivity index (χ0n) is 43.0. The maximum absolute atomic E-state index is 13.1. The summed E-state index contributed by atoms with van der Waals surface area (Å²) in [6, 6.07) is 17.7. The first kappa shape index (κ1) is 54.2. The van der Waals surface area contributed by atoms with Gasteiger partial charge in [-0.05, 0) is 70.8 Å². The number of hydrogen-bond acceptors (Lipinski definition) is 24. The largest absolute Gasteiger partial charge is 0.508 e. The van der Waals surface area contributed by atoms with Gasteiger partial charge in [-0.1, -0.05) is 24.3 Å². The second-order valence-corrected chi connectivity index (χ2v) is 21.0. The van der Waals surface area contributed by atoms with Crippen LogP contribution in [0.25, 0.3) is 0 Å². The van der Waals surface area contributed by atoms with Crippen LogP contribution in [0, 0.1) is 0 Å². The fraction of sp³-hybridized carbons (Fsp3) is 0.200. The number of phenolic OH excluding ortho intramolecular Hbond substituents is 16. The number of aliphatic hydroxyl groups excluding tert-OH is 4. The Balaban J connectivity index is 1.14. The molecule has 8 aromatic rings. The van der Waals surface area contributed by atoms with Gasteiger partial charge in [0.05, 0.1) is 23.9 Å². The van der Waals surface area contributed by atoms with Gasteiger partial charge < -0.3 is 121 Å². The minimum atomic E-state index is -2.15. The van der Waals surface area contributed by atoms with Gasteiger partial charge in [0.15, 0.2) is 64.3 Å². The van der Waals surface area contributed by atoms with Gasteiger partial charge in [-0.2, -0.15) is 0 Å². The minimum Gasteiger partial charge on any atom is -0.508 e. The molecule has 0 aliphatic carbocycles. The van der Waals surface area contributed by atoms with Gasteiger partial charge >= 0.3 is 0 Å². The highest BCUT2D eigenvalue weighted by Crippen LogP contribution is 2.65. The van der Waals surface area contributed by atoms with Crippen molar-refractivity contribution in [2.45, 2.75) is 73.0 Å². The highest BCUT2D eigenvalue weighted by atomic mass is 16.5. The van der Waals surface area contributed by atoms with E-state index in [-0.39, 0.29) is 39.1 Å². The SMILES string of the molecule is Oc1cc(O)c2c(c1)O[C@H](c1ccc(O)c(O)c1)[C@@H](O)C2c1c(O)cc(O)c2c1O[C@H](c1ccc(O)c(O)c1)[C@@H](O)C2c1c(O)cc(O)c2c1O[C@H](c1ccc(O)c(O)c1)[C@@H](O)C2c1c(O)cc(O)c2c1O[C@H](c1ccc(O)c(O)c1)[C@@H](O)C2. The number of aliphatic hydroxyl groups is 4. The standard InChI is InChI=1S/C60H50O24/c61-23-13-34(71)42-41(14-23)81-55(20-2-6-26(63)31(68)10-20)51(78)48(42)44-36(73)17-38(75)46-50(53(80)57(83-59(44)46)22-4-8-28(65)33(70)12-22)47-39(76)18-37(74)45-49(52(79)56(84-60(45)47)21-3-7-27(64)32(69)11-21)43-35(72)16-29(66)24-15-40(77)54(82-58(24)43)19-1-5-25(62)30(67)9-19/h1-14,16-18,40,48-57,61-80H,15H2/t40-,48?,49?,50?,51-,52-,53-,54+,55+,56+,57+/m0/s1. The molecule has 4 aliphatic rings. The van der Waals surface area contributed by atoms with Crippen molar-refractivity contribution in [2.75, 3.05) is 0 Å². The maximum Gasteiger partial charge on any atom is 0.157 e. The predicted octanol–water partition coefficient (Wildman–Crippen LogP) is 5.89. The Kier molecular flexibility index (Phi) is 12.7. The molecule has 84 heavy (non-hydrogen) atoms. The molecule has 0 saturated heterocycles. The molecule has 11 atom stereocenters. The van der Waals surface area contributed by atoms with Gasteiger partial charge in [-0.3, -0.25) is 0 Å². The molecule has 3 unspecified atom stereocenters. The zero-order chi connectivity index (χ0) is 59.8. The van der Waals surface area contributed by atoms with Crippen LogP contribution in [-0.2, 0) is 6.42 Å². The van der Waals surface area contributed by atoms with E-state index < -0.39 is 210 Å². The van der Waals surface area contributed by atoms with E-state index in [4.69, 9.17) is 18.9 Å². The number of rotatable bonds is 7. The summed E-state index contributed by atoms with van der Waals surface area (Å²) in [7, 11) is 0. The molecule has 24 heteroatoms. The molecule has 8 aromatic carbocycles. The summed E-state index contributed by atoms with van der Waals surface area (Å²) in [5.74, 6) is -19.0. The average Bonchev–Trinajstić information content (AvgIpc) is 1.45. The molecule has 12 rings (SSSR count). The van der Waals surface area contributed by atoms with Crippen LogP contribution in [0.3, 0.4) is 0 Å². The topological polar surface area (TPSA) is 442 Å². The van der Waals surface area contributed by atoms with Crippen LogP contribution in [0.15, 0.2) is 103 Å². The zero-order valence-corrected chi connectivity index (χ0v) is 43.0. The molecule has 4 aliphatic heterocycles. The van der Waals surface area contributed by atoms with Gasteiger partial charge in [0.1, 0.15) is 93.4 Å². The van der Waals surface area contributed by atoms with E-state index in [0.717, 1.165) is 78.9 Å². The van der Waals surface area contributed by atoms with E-state index >= 15 is 0 Å². The molecule has 0 bridgehead atoms. The Morgan fingerprint density at radius 1 is 0.274 bits per heavy atom. The van der Waals surface area contributed by atoms with Crippen molar-refractivity contribution in [1.29, 1.82) is 0 Å². The third-order valence-electron chi connectivity index (χ3n) is 16.0. The normalized spacial score (nSPS) is 24.0. The van der Waals surface area contributed by atoms with Crippen molar-refractivity contribution in [3.05, 3.63) is 164 Å². The van der Waals surface area contributed by atoms with E-state index in [0.29, 0.717) is 0 Å². The Morgan fingerprint density at radius 2 is 0.583 bits per heavy atom. The fourth-order valence-electron chi connectivity index (χ4n) is 12.2. The van der Waals surface area contributed by atoms with Gasteiger partial charge in [-0.25, -0.2) is 0 Å². The molecule has 0 amide bonds. The summed E-state index contributed by atoms with van der Waals surface area (Å²) in [5.41, 5.74) is -3.20. The quantitative estimate of drug-likeness (QED) is 0.0827. The molecule has 0 radical (unpaired) electrons. The Bertz CT molecular complexity index is 4030. The van der Waals surface area contributed by atoms with E-state index in [1.54, 1.807) is 0 Å². The van der Waals surface area contributed by atoms with Gasteiger partial charge in [0, 0.05) is 75.7 Å². The van der Waals surface area contributed by atoms with Crippen molar-refractivity contribution in [3.63, 3.8) is 0 Å². The highest BCUT2D eigenvalue weighted by Gasteiger charge is 2.53. The number of benzene rings is 8. The van der Waals surface area contributed by atoms with Crippen LogP contribution >= 0.6 is 0 Å².